The van der Waals surface area contributed by atoms with Crippen LogP contribution in [-0.4, -0.2) is 25.8 Å². The van der Waals surface area contributed by atoms with Crippen LogP contribution in [0.2, 0.25) is 0 Å². The fourth-order valence-electron chi connectivity index (χ4n) is 1.57. The van der Waals surface area contributed by atoms with E-state index in [1.54, 1.807) is 12.1 Å². The van der Waals surface area contributed by atoms with Crippen LogP contribution in [0.15, 0.2) is 24.3 Å². The van der Waals surface area contributed by atoms with Crippen molar-refractivity contribution in [3.05, 3.63) is 29.8 Å². The maximum atomic E-state index is 12.5. The van der Waals surface area contributed by atoms with Crippen molar-refractivity contribution in [2.45, 2.75) is 6.04 Å². The van der Waals surface area contributed by atoms with Gasteiger partial charge in [0.2, 0.25) is 0 Å². The van der Waals surface area contributed by atoms with Gasteiger partial charge < -0.3 is 0 Å². The molecule has 2 atom stereocenters. The van der Waals surface area contributed by atoms with Crippen molar-refractivity contribution >= 4 is 12.7 Å². The average molecular weight is 181 g/mol. The molecule has 0 bridgehead atoms. The molecular weight excluding hydrogens is 171 g/mol. The quantitative estimate of drug-likeness (QED) is 0.491. The second kappa shape index (κ2) is 3.11. The fourth-order valence-corrected chi connectivity index (χ4v) is 1.57. The van der Waals surface area contributed by atoms with Crippen molar-refractivity contribution in [1.82, 2.24) is 4.90 Å². The van der Waals surface area contributed by atoms with Crippen molar-refractivity contribution in [1.29, 1.82) is 0 Å². The summed E-state index contributed by atoms with van der Waals surface area (Å²) in [4.78, 5) is 2.04. The first-order valence-corrected chi connectivity index (χ1v) is 4.27. The molecule has 68 valence electrons. The Hall–Kier alpha value is -0.895. The van der Waals surface area contributed by atoms with Gasteiger partial charge in [-0.2, -0.15) is 0 Å². The van der Waals surface area contributed by atoms with E-state index < -0.39 is 7.27 Å². The predicted molar refractivity (Wildman–Crippen MR) is 49.4 cm³/mol. The van der Waals surface area contributed by atoms with E-state index in [0.29, 0.717) is 0 Å². The number of likely N-dealkylation sites (N-methyl/N-ethyl adjacent to an activating group) is 1. The molecular formula is C9H10BF2N. The molecule has 1 heterocycles. The molecule has 0 radical (unpaired) electrons. The van der Waals surface area contributed by atoms with Crippen molar-refractivity contribution in [2.24, 2.45) is 0 Å². The van der Waals surface area contributed by atoms with Gasteiger partial charge in [0.05, 0.1) is 0 Å². The molecule has 1 aliphatic rings. The summed E-state index contributed by atoms with van der Waals surface area (Å²) in [6, 6.07) is 6.98. The van der Waals surface area contributed by atoms with Gasteiger partial charge >= 0.3 is 7.27 Å². The zero-order valence-electron chi connectivity index (χ0n) is 7.37. The highest BCUT2D eigenvalue weighted by molar-refractivity contribution is 6.60. The lowest BCUT2D eigenvalue weighted by Crippen LogP contribution is -2.24. The van der Waals surface area contributed by atoms with E-state index >= 15 is 0 Å². The molecule has 0 saturated carbocycles. The van der Waals surface area contributed by atoms with Crippen LogP contribution in [0.1, 0.15) is 11.6 Å². The van der Waals surface area contributed by atoms with Gasteiger partial charge in [0.1, 0.15) is 0 Å². The van der Waals surface area contributed by atoms with Gasteiger partial charge in [-0.3, -0.25) is 13.5 Å². The van der Waals surface area contributed by atoms with E-state index in [9.17, 15) is 8.63 Å². The Morgan fingerprint density at radius 1 is 1.38 bits per heavy atom. The molecule has 4 heteroatoms. The second-order valence-electron chi connectivity index (χ2n) is 3.38. The summed E-state index contributed by atoms with van der Waals surface area (Å²) in [5.41, 5.74) is 0.955. The summed E-state index contributed by atoms with van der Waals surface area (Å²) in [5, 5.41) is 0. The van der Waals surface area contributed by atoms with Crippen LogP contribution >= 0.6 is 0 Å². The molecule has 2 rings (SSSR count). The molecule has 13 heavy (non-hydrogen) atoms. The highest BCUT2D eigenvalue weighted by Crippen LogP contribution is 2.31. The molecule has 0 amide bonds. The van der Waals surface area contributed by atoms with E-state index in [0.717, 1.165) is 12.1 Å². The van der Waals surface area contributed by atoms with Gasteiger partial charge in [-0.05, 0) is 18.1 Å². The lowest BCUT2D eigenvalue weighted by atomic mass is 9.81. The van der Waals surface area contributed by atoms with E-state index in [1.807, 2.05) is 18.0 Å². The first kappa shape index (κ1) is 8.69. The van der Waals surface area contributed by atoms with Crippen molar-refractivity contribution in [3.8, 4) is 0 Å². The number of benzene rings is 1. The lowest BCUT2D eigenvalue weighted by Gasteiger charge is -2.04. The van der Waals surface area contributed by atoms with Gasteiger partial charge in [0.15, 0.2) is 0 Å². The minimum absolute atomic E-state index is 0.178. The number of hydrogen-bond donors (Lipinski definition) is 0. The summed E-state index contributed by atoms with van der Waals surface area (Å²) < 4.78 is 25.0. The number of halogens is 2. The van der Waals surface area contributed by atoms with Crippen molar-refractivity contribution in [3.63, 3.8) is 0 Å². The van der Waals surface area contributed by atoms with Crippen LogP contribution in [0.25, 0.3) is 0 Å². The van der Waals surface area contributed by atoms with Crippen molar-refractivity contribution < 1.29 is 8.63 Å². The maximum absolute atomic E-state index is 12.5. The van der Waals surface area contributed by atoms with Gasteiger partial charge in [-0.15, -0.1) is 0 Å². The van der Waals surface area contributed by atoms with Crippen LogP contribution in [0, 0.1) is 0 Å². The largest absolute Gasteiger partial charge is 0.572 e. The molecule has 1 nitrogen and oxygen atoms in total. The summed E-state index contributed by atoms with van der Waals surface area (Å²) in [6.45, 7) is 0.893. The summed E-state index contributed by atoms with van der Waals surface area (Å²) in [7, 11) is -0.419. The molecule has 0 aliphatic carbocycles. The zero-order chi connectivity index (χ0) is 9.42. The minimum Gasteiger partial charge on any atom is -0.296 e. The molecule has 0 spiro atoms. The third-order valence-corrected chi connectivity index (χ3v) is 2.45. The normalized spacial score (nSPS) is 25.8. The molecule has 1 fully saturated rings. The first-order valence-electron chi connectivity index (χ1n) is 4.27. The SMILES string of the molecule is CN1C[C@@H]1c1ccccc1B(F)F. The van der Waals surface area contributed by atoms with Crippen LogP contribution in [0.5, 0.6) is 0 Å². The highest BCUT2D eigenvalue weighted by Gasteiger charge is 2.35. The Balaban J connectivity index is 2.33. The summed E-state index contributed by atoms with van der Waals surface area (Å²) >= 11 is 0. The van der Waals surface area contributed by atoms with E-state index in [4.69, 9.17) is 0 Å². The average Bonchev–Trinajstić information content (AvgIpc) is 2.82. The Morgan fingerprint density at radius 2 is 2.00 bits per heavy atom. The van der Waals surface area contributed by atoms with Crippen LogP contribution in [0.3, 0.4) is 0 Å². The molecule has 1 aromatic rings. The predicted octanol–water partition coefficient (Wildman–Crippen LogP) is 1.31. The zero-order valence-corrected chi connectivity index (χ0v) is 7.37. The van der Waals surface area contributed by atoms with Crippen molar-refractivity contribution in [2.75, 3.05) is 13.6 Å². The van der Waals surface area contributed by atoms with E-state index in [-0.39, 0.29) is 11.5 Å². The fraction of sp³-hybridized carbons (Fsp3) is 0.333. The van der Waals surface area contributed by atoms with Crippen LogP contribution in [0.4, 0.5) is 8.63 Å². The van der Waals surface area contributed by atoms with E-state index in [2.05, 4.69) is 0 Å². The van der Waals surface area contributed by atoms with E-state index in [1.165, 1.54) is 6.07 Å². The Kier molecular flexibility index (Phi) is 2.08. The van der Waals surface area contributed by atoms with Gasteiger partial charge in [-0.25, -0.2) is 0 Å². The van der Waals surface area contributed by atoms with Gasteiger partial charge in [0, 0.05) is 12.6 Å². The molecule has 1 aromatic carbocycles. The van der Waals surface area contributed by atoms with Gasteiger partial charge in [-0.1, -0.05) is 24.3 Å². The molecule has 1 saturated heterocycles. The monoisotopic (exact) mass is 181 g/mol. The number of nitrogens with zero attached hydrogens (tertiary/aromatic N) is 1. The van der Waals surface area contributed by atoms with Crippen LogP contribution < -0.4 is 5.46 Å². The second-order valence-corrected chi connectivity index (χ2v) is 3.38. The molecule has 0 aromatic heterocycles. The molecule has 1 unspecified atom stereocenters. The topological polar surface area (TPSA) is 3.01 Å². The lowest BCUT2D eigenvalue weighted by molar-refractivity contribution is 0.630. The Morgan fingerprint density at radius 3 is 2.54 bits per heavy atom. The highest BCUT2D eigenvalue weighted by atomic mass is 19.2. The summed E-state index contributed by atoms with van der Waals surface area (Å²) in [5.74, 6) is 0. The number of hydrogen-bond acceptors (Lipinski definition) is 1. The smallest absolute Gasteiger partial charge is 0.296 e. The standard InChI is InChI=1S/C9H10BF2N/c1-13-6-9(13)7-4-2-3-5-8(7)10(11)12/h2-5,9H,6H2,1H3/t9-,13?/m1/s1. The van der Waals surface area contributed by atoms with Gasteiger partial charge in [0.25, 0.3) is 0 Å². The van der Waals surface area contributed by atoms with Crippen LogP contribution in [-0.2, 0) is 0 Å². The number of rotatable bonds is 2. The third-order valence-electron chi connectivity index (χ3n) is 2.45. The molecule has 0 N–H and O–H groups in total. The third kappa shape index (κ3) is 1.58. The Bertz CT molecular complexity index is 316. The first-order chi connectivity index (χ1) is 6.20. The molecule has 1 aliphatic heterocycles. The Labute approximate surface area is 76.5 Å². The summed E-state index contributed by atoms with van der Waals surface area (Å²) in [6.07, 6.45) is 0. The maximum Gasteiger partial charge on any atom is 0.572 e. The minimum atomic E-state index is -2.36.